The van der Waals surface area contributed by atoms with Gasteiger partial charge in [0.15, 0.2) is 0 Å². The molecule has 1 aliphatic rings. The maximum atomic E-state index is 3.85. The highest BCUT2D eigenvalue weighted by Crippen LogP contribution is 2.40. The van der Waals surface area contributed by atoms with E-state index in [2.05, 4.69) is 78.4 Å². The highest BCUT2D eigenvalue weighted by molar-refractivity contribution is 9.10. The predicted molar refractivity (Wildman–Crippen MR) is 90.2 cm³/mol. The fourth-order valence-corrected chi connectivity index (χ4v) is 3.57. The summed E-state index contributed by atoms with van der Waals surface area (Å²) in [5.41, 5.74) is 1.47. The molecule has 0 amide bonds. The van der Waals surface area contributed by atoms with Crippen LogP contribution in [-0.4, -0.2) is 37.6 Å². The highest BCUT2D eigenvalue weighted by atomic mass is 79.9. The number of likely N-dealkylation sites (N-methyl/N-ethyl adjacent to an activating group) is 1. The van der Waals surface area contributed by atoms with Crippen LogP contribution in [0.25, 0.3) is 0 Å². The molecule has 1 unspecified atom stereocenters. The summed E-state index contributed by atoms with van der Waals surface area (Å²) in [6.45, 7) is 5.74. The Bertz CT molecular complexity index is 425. The molecule has 0 aromatic heterocycles. The van der Waals surface area contributed by atoms with Gasteiger partial charge in [-0.3, -0.25) is 0 Å². The summed E-state index contributed by atoms with van der Waals surface area (Å²) in [7, 11) is 4.31. The molecule has 1 N–H and O–H groups in total. The van der Waals surface area contributed by atoms with Gasteiger partial charge in [-0.2, -0.15) is 0 Å². The third-order valence-electron chi connectivity index (χ3n) is 4.30. The first kappa shape index (κ1) is 16.0. The third-order valence-corrected chi connectivity index (χ3v) is 5.02. The van der Waals surface area contributed by atoms with Gasteiger partial charge in [0.2, 0.25) is 0 Å². The molecule has 0 saturated heterocycles. The fourth-order valence-electron chi connectivity index (χ4n) is 2.97. The van der Waals surface area contributed by atoms with E-state index in [9.17, 15) is 0 Å². The Hall–Kier alpha value is -0.380. The summed E-state index contributed by atoms with van der Waals surface area (Å²) in [5, 5.41) is 3.85. The van der Waals surface area contributed by atoms with Crippen LogP contribution in [0, 0.1) is 5.92 Å². The SMILES string of the molecule is CC(C)C(CN(C)C)NC1CC(c2ccccc2Br)C1. The second-order valence-electron chi connectivity index (χ2n) is 6.67. The van der Waals surface area contributed by atoms with Crippen molar-refractivity contribution in [3.05, 3.63) is 34.3 Å². The Kier molecular flexibility index (Phi) is 5.65. The molecule has 0 radical (unpaired) electrons. The van der Waals surface area contributed by atoms with E-state index in [1.165, 1.54) is 22.9 Å². The summed E-state index contributed by atoms with van der Waals surface area (Å²) >= 11 is 3.67. The quantitative estimate of drug-likeness (QED) is 0.846. The molecule has 0 heterocycles. The van der Waals surface area contributed by atoms with Crippen LogP contribution in [0.1, 0.15) is 38.2 Å². The van der Waals surface area contributed by atoms with Gasteiger partial charge in [-0.25, -0.2) is 0 Å². The van der Waals surface area contributed by atoms with E-state index in [0.29, 0.717) is 18.0 Å². The maximum absolute atomic E-state index is 3.85. The number of benzene rings is 1. The standard InChI is InChI=1S/C17H27BrN2/c1-12(2)17(11-20(3)4)19-14-9-13(10-14)15-7-5-6-8-16(15)18/h5-8,12-14,17,19H,9-11H2,1-4H3. The van der Waals surface area contributed by atoms with Gasteiger partial charge in [0.25, 0.3) is 0 Å². The van der Waals surface area contributed by atoms with Crippen molar-refractivity contribution in [2.45, 2.75) is 44.7 Å². The summed E-state index contributed by atoms with van der Waals surface area (Å²) in [6, 6.07) is 9.91. The van der Waals surface area contributed by atoms with Gasteiger partial charge in [-0.1, -0.05) is 48.0 Å². The minimum atomic E-state index is 0.593. The molecule has 1 atom stereocenters. The van der Waals surface area contributed by atoms with Crippen molar-refractivity contribution in [1.82, 2.24) is 10.2 Å². The molecule has 0 bridgehead atoms. The first-order valence-corrected chi connectivity index (χ1v) is 8.42. The lowest BCUT2D eigenvalue weighted by atomic mass is 9.75. The molecule has 1 aliphatic carbocycles. The molecule has 1 fully saturated rings. The number of rotatable bonds is 6. The van der Waals surface area contributed by atoms with E-state index in [0.717, 1.165) is 12.5 Å². The van der Waals surface area contributed by atoms with Crippen LogP contribution in [0.15, 0.2) is 28.7 Å². The topological polar surface area (TPSA) is 15.3 Å². The van der Waals surface area contributed by atoms with Crippen molar-refractivity contribution in [1.29, 1.82) is 0 Å². The monoisotopic (exact) mass is 338 g/mol. The van der Waals surface area contributed by atoms with Gasteiger partial charge in [0, 0.05) is 23.1 Å². The summed E-state index contributed by atoms with van der Waals surface area (Å²) in [6.07, 6.45) is 2.53. The normalized spacial score (nSPS) is 23.9. The van der Waals surface area contributed by atoms with Crippen LogP contribution < -0.4 is 5.32 Å². The second kappa shape index (κ2) is 7.06. The molecule has 2 nitrogen and oxygen atoms in total. The molecule has 20 heavy (non-hydrogen) atoms. The third kappa shape index (κ3) is 4.06. The van der Waals surface area contributed by atoms with E-state index in [-0.39, 0.29) is 0 Å². The van der Waals surface area contributed by atoms with Crippen molar-refractivity contribution in [2.24, 2.45) is 5.92 Å². The molecule has 1 aromatic rings. The lowest BCUT2D eigenvalue weighted by molar-refractivity contribution is 0.210. The van der Waals surface area contributed by atoms with Gasteiger partial charge in [0.1, 0.15) is 0 Å². The van der Waals surface area contributed by atoms with Gasteiger partial charge in [0.05, 0.1) is 0 Å². The summed E-state index contributed by atoms with van der Waals surface area (Å²) in [4.78, 5) is 2.28. The largest absolute Gasteiger partial charge is 0.310 e. The predicted octanol–water partition coefficient (Wildman–Crippen LogP) is 3.87. The Balaban J connectivity index is 1.85. The average Bonchev–Trinajstić information content (AvgIpc) is 2.32. The molecular weight excluding hydrogens is 312 g/mol. The van der Waals surface area contributed by atoms with Crippen molar-refractivity contribution >= 4 is 15.9 Å². The molecular formula is C17H27BrN2. The number of halogens is 1. The molecule has 1 aromatic carbocycles. The molecule has 1 saturated carbocycles. The van der Waals surface area contributed by atoms with Crippen LogP contribution in [0.4, 0.5) is 0 Å². The van der Waals surface area contributed by atoms with E-state index >= 15 is 0 Å². The average molecular weight is 339 g/mol. The van der Waals surface area contributed by atoms with Crippen LogP contribution in [0.5, 0.6) is 0 Å². The van der Waals surface area contributed by atoms with Gasteiger partial charge < -0.3 is 10.2 Å². The smallest absolute Gasteiger partial charge is 0.0220 e. The Morgan fingerprint density at radius 1 is 1.25 bits per heavy atom. The van der Waals surface area contributed by atoms with Gasteiger partial charge in [-0.15, -0.1) is 0 Å². The van der Waals surface area contributed by atoms with Crippen LogP contribution in [-0.2, 0) is 0 Å². The summed E-state index contributed by atoms with van der Waals surface area (Å²) < 4.78 is 1.26. The lowest BCUT2D eigenvalue weighted by Crippen LogP contribution is -2.51. The van der Waals surface area contributed by atoms with Crippen molar-refractivity contribution < 1.29 is 0 Å². The van der Waals surface area contributed by atoms with Crippen molar-refractivity contribution in [2.75, 3.05) is 20.6 Å². The van der Waals surface area contributed by atoms with Crippen LogP contribution in [0.3, 0.4) is 0 Å². The first-order chi connectivity index (χ1) is 9.47. The highest BCUT2D eigenvalue weighted by Gasteiger charge is 2.33. The number of hydrogen-bond donors (Lipinski definition) is 1. The number of hydrogen-bond acceptors (Lipinski definition) is 2. The first-order valence-electron chi connectivity index (χ1n) is 7.62. The Morgan fingerprint density at radius 2 is 1.90 bits per heavy atom. The maximum Gasteiger partial charge on any atom is 0.0220 e. The Labute approximate surface area is 132 Å². The second-order valence-corrected chi connectivity index (χ2v) is 7.52. The molecule has 2 rings (SSSR count). The van der Waals surface area contributed by atoms with E-state index < -0.39 is 0 Å². The molecule has 112 valence electrons. The van der Waals surface area contributed by atoms with Gasteiger partial charge in [-0.05, 0) is 50.4 Å². The van der Waals surface area contributed by atoms with Crippen molar-refractivity contribution in [3.8, 4) is 0 Å². The molecule has 0 aliphatic heterocycles. The molecule has 0 spiro atoms. The molecule has 3 heteroatoms. The van der Waals surface area contributed by atoms with E-state index in [1.54, 1.807) is 0 Å². The van der Waals surface area contributed by atoms with E-state index in [1.807, 2.05) is 0 Å². The lowest BCUT2D eigenvalue weighted by Gasteiger charge is -2.40. The number of nitrogens with zero attached hydrogens (tertiary/aromatic N) is 1. The zero-order chi connectivity index (χ0) is 14.7. The van der Waals surface area contributed by atoms with E-state index in [4.69, 9.17) is 0 Å². The zero-order valence-corrected chi connectivity index (χ0v) is 14.7. The Morgan fingerprint density at radius 3 is 2.45 bits per heavy atom. The summed E-state index contributed by atoms with van der Waals surface area (Å²) in [5.74, 6) is 1.40. The minimum Gasteiger partial charge on any atom is -0.310 e. The van der Waals surface area contributed by atoms with Crippen LogP contribution >= 0.6 is 15.9 Å². The van der Waals surface area contributed by atoms with Crippen molar-refractivity contribution in [3.63, 3.8) is 0 Å². The van der Waals surface area contributed by atoms with Crippen LogP contribution in [0.2, 0.25) is 0 Å². The minimum absolute atomic E-state index is 0.593. The van der Waals surface area contributed by atoms with Gasteiger partial charge >= 0.3 is 0 Å². The fraction of sp³-hybridized carbons (Fsp3) is 0.647. The number of nitrogens with one attached hydrogen (secondary N) is 1. The zero-order valence-electron chi connectivity index (χ0n) is 13.1.